The van der Waals surface area contributed by atoms with Crippen molar-refractivity contribution >= 4 is 23.2 Å². The average Bonchev–Trinajstić information content (AvgIpc) is 2.63. The number of halogens is 1. The summed E-state index contributed by atoms with van der Waals surface area (Å²) in [5.41, 5.74) is -0.0696. The fraction of sp³-hybridized carbons (Fsp3) is 0.650. The van der Waals surface area contributed by atoms with Gasteiger partial charge in [-0.1, -0.05) is 37.8 Å². The molecule has 2 rings (SSSR count). The van der Waals surface area contributed by atoms with Gasteiger partial charge in [0, 0.05) is 19.4 Å². The van der Waals surface area contributed by atoms with Crippen LogP contribution in [-0.4, -0.2) is 37.9 Å². The average molecular weight is 384 g/mol. The molecule has 1 aromatic rings. The number of benzene rings is 1. The third-order valence-electron chi connectivity index (χ3n) is 4.58. The summed E-state index contributed by atoms with van der Waals surface area (Å²) in [5.74, 6) is 0.493. The molecule has 1 N–H and O–H groups in total. The van der Waals surface area contributed by atoms with Crippen LogP contribution in [0.1, 0.15) is 52.4 Å². The minimum absolute atomic E-state index is 0.0804. The molecule has 0 saturated heterocycles. The number of methoxy groups -OCH3 is 1. The van der Waals surface area contributed by atoms with E-state index in [4.69, 9.17) is 25.8 Å². The van der Waals surface area contributed by atoms with Crippen molar-refractivity contribution in [3.63, 3.8) is 0 Å². The van der Waals surface area contributed by atoms with Crippen molar-refractivity contribution in [2.24, 2.45) is 0 Å². The van der Waals surface area contributed by atoms with Crippen LogP contribution in [-0.2, 0) is 14.3 Å². The summed E-state index contributed by atoms with van der Waals surface area (Å²) in [6, 6.07) is 5.28. The second kappa shape index (κ2) is 10.1. The van der Waals surface area contributed by atoms with E-state index in [0.717, 1.165) is 38.5 Å². The van der Waals surface area contributed by atoms with Gasteiger partial charge >= 0.3 is 0 Å². The Morgan fingerprint density at radius 3 is 2.65 bits per heavy atom. The fourth-order valence-electron chi connectivity index (χ4n) is 3.26. The normalized spacial score (nSPS) is 17.5. The topological polar surface area (TPSA) is 56.8 Å². The van der Waals surface area contributed by atoms with Crippen LogP contribution in [0.2, 0.25) is 5.02 Å². The van der Waals surface area contributed by atoms with Crippen LogP contribution in [0, 0.1) is 0 Å². The smallest absolute Gasteiger partial charge is 0.256 e. The third kappa shape index (κ3) is 5.60. The molecule has 1 saturated carbocycles. The van der Waals surface area contributed by atoms with Crippen molar-refractivity contribution < 1.29 is 19.0 Å². The SMILES string of the molecule is CCCOC1(C(=O)Nc2ccc(O[C@H](C)COC)c(Cl)c2)CCCCC1. The van der Waals surface area contributed by atoms with Gasteiger partial charge in [0.15, 0.2) is 0 Å². The van der Waals surface area contributed by atoms with Gasteiger partial charge in [-0.2, -0.15) is 0 Å². The zero-order valence-electron chi connectivity index (χ0n) is 16.0. The zero-order valence-corrected chi connectivity index (χ0v) is 16.7. The fourth-order valence-corrected chi connectivity index (χ4v) is 3.49. The summed E-state index contributed by atoms with van der Waals surface area (Å²) < 4.78 is 16.8. The summed E-state index contributed by atoms with van der Waals surface area (Å²) in [6.07, 6.45) is 5.51. The van der Waals surface area contributed by atoms with Gasteiger partial charge in [0.25, 0.3) is 5.91 Å². The predicted molar refractivity (Wildman–Crippen MR) is 104 cm³/mol. The molecule has 146 valence electrons. The molecule has 1 atom stereocenters. The lowest BCUT2D eigenvalue weighted by atomic mass is 9.83. The van der Waals surface area contributed by atoms with E-state index in [0.29, 0.717) is 29.7 Å². The Balaban J connectivity index is 2.06. The molecule has 0 bridgehead atoms. The van der Waals surface area contributed by atoms with Gasteiger partial charge in [-0.15, -0.1) is 0 Å². The van der Waals surface area contributed by atoms with Crippen LogP contribution < -0.4 is 10.1 Å². The highest BCUT2D eigenvalue weighted by Gasteiger charge is 2.40. The molecule has 1 aliphatic carbocycles. The molecule has 0 aromatic heterocycles. The van der Waals surface area contributed by atoms with E-state index in [1.807, 2.05) is 6.92 Å². The largest absolute Gasteiger partial charge is 0.487 e. The Labute approximate surface area is 161 Å². The number of rotatable bonds is 9. The van der Waals surface area contributed by atoms with Gasteiger partial charge in [-0.25, -0.2) is 0 Å². The lowest BCUT2D eigenvalue weighted by Crippen LogP contribution is -2.47. The summed E-state index contributed by atoms with van der Waals surface area (Å²) in [6.45, 7) is 5.04. The Morgan fingerprint density at radius 2 is 2.04 bits per heavy atom. The summed E-state index contributed by atoms with van der Waals surface area (Å²) in [4.78, 5) is 12.9. The van der Waals surface area contributed by atoms with E-state index < -0.39 is 5.60 Å². The van der Waals surface area contributed by atoms with Crippen molar-refractivity contribution in [2.45, 2.75) is 64.1 Å². The van der Waals surface area contributed by atoms with Crippen molar-refractivity contribution in [1.82, 2.24) is 0 Å². The molecule has 0 radical (unpaired) electrons. The quantitative estimate of drug-likeness (QED) is 0.664. The highest BCUT2D eigenvalue weighted by atomic mass is 35.5. The Bertz CT molecular complexity index is 587. The monoisotopic (exact) mass is 383 g/mol. The third-order valence-corrected chi connectivity index (χ3v) is 4.87. The molecule has 26 heavy (non-hydrogen) atoms. The maximum atomic E-state index is 12.9. The number of ether oxygens (including phenoxy) is 3. The van der Waals surface area contributed by atoms with E-state index in [-0.39, 0.29) is 12.0 Å². The Morgan fingerprint density at radius 1 is 1.31 bits per heavy atom. The van der Waals surface area contributed by atoms with Gasteiger partial charge in [-0.05, 0) is 44.4 Å². The molecule has 6 heteroatoms. The maximum absolute atomic E-state index is 12.9. The van der Waals surface area contributed by atoms with E-state index in [1.165, 1.54) is 0 Å². The van der Waals surface area contributed by atoms with Gasteiger partial charge < -0.3 is 19.5 Å². The maximum Gasteiger partial charge on any atom is 0.256 e. The van der Waals surface area contributed by atoms with Crippen molar-refractivity contribution in [3.8, 4) is 5.75 Å². The van der Waals surface area contributed by atoms with Crippen LogP contribution in [0.25, 0.3) is 0 Å². The number of carbonyl (C=O) groups is 1. The van der Waals surface area contributed by atoms with E-state index >= 15 is 0 Å². The molecule has 1 aromatic carbocycles. The molecule has 0 spiro atoms. The van der Waals surface area contributed by atoms with Crippen molar-refractivity contribution in [2.75, 3.05) is 25.6 Å². The van der Waals surface area contributed by atoms with Gasteiger partial charge in [0.1, 0.15) is 17.5 Å². The molecule has 1 amide bonds. The molecule has 1 fully saturated rings. The van der Waals surface area contributed by atoms with Crippen LogP contribution in [0.5, 0.6) is 5.75 Å². The highest BCUT2D eigenvalue weighted by molar-refractivity contribution is 6.32. The Kier molecular flexibility index (Phi) is 8.19. The predicted octanol–water partition coefficient (Wildman–Crippen LogP) is 4.82. The first-order chi connectivity index (χ1) is 12.5. The van der Waals surface area contributed by atoms with E-state index in [1.54, 1.807) is 25.3 Å². The van der Waals surface area contributed by atoms with Gasteiger partial charge in [0.05, 0.1) is 11.6 Å². The van der Waals surface area contributed by atoms with E-state index in [9.17, 15) is 4.79 Å². The molecule has 0 heterocycles. The Hall–Kier alpha value is -1.30. The number of hydrogen-bond acceptors (Lipinski definition) is 4. The lowest BCUT2D eigenvalue weighted by molar-refractivity contribution is -0.146. The number of amides is 1. The summed E-state index contributed by atoms with van der Waals surface area (Å²) in [5, 5.41) is 3.44. The molecule has 1 aliphatic rings. The van der Waals surface area contributed by atoms with Crippen LogP contribution in [0.4, 0.5) is 5.69 Å². The van der Waals surface area contributed by atoms with Crippen molar-refractivity contribution in [1.29, 1.82) is 0 Å². The van der Waals surface area contributed by atoms with Crippen LogP contribution in [0.15, 0.2) is 18.2 Å². The number of hydrogen-bond donors (Lipinski definition) is 1. The first-order valence-electron chi connectivity index (χ1n) is 9.41. The second-order valence-corrected chi connectivity index (χ2v) is 7.29. The number of nitrogens with one attached hydrogen (secondary N) is 1. The molecule has 0 unspecified atom stereocenters. The summed E-state index contributed by atoms with van der Waals surface area (Å²) in [7, 11) is 1.63. The first-order valence-corrected chi connectivity index (χ1v) is 9.79. The lowest BCUT2D eigenvalue weighted by Gasteiger charge is -2.35. The highest BCUT2D eigenvalue weighted by Crippen LogP contribution is 2.34. The first kappa shape index (κ1) is 21.0. The minimum atomic E-state index is -0.719. The second-order valence-electron chi connectivity index (χ2n) is 6.89. The minimum Gasteiger partial charge on any atom is -0.487 e. The van der Waals surface area contributed by atoms with Gasteiger partial charge in [0.2, 0.25) is 0 Å². The van der Waals surface area contributed by atoms with Crippen LogP contribution >= 0.6 is 11.6 Å². The molecular formula is C20H30ClNO4. The number of carbonyl (C=O) groups excluding carboxylic acids is 1. The summed E-state index contributed by atoms with van der Waals surface area (Å²) >= 11 is 6.31. The standard InChI is InChI=1S/C20H30ClNO4/c1-4-12-25-20(10-6-5-7-11-20)19(23)22-16-8-9-18(17(21)13-16)26-15(2)14-24-3/h8-9,13,15H,4-7,10-12,14H2,1-3H3,(H,22,23)/t15-/m1/s1. The van der Waals surface area contributed by atoms with Gasteiger partial charge in [-0.3, -0.25) is 4.79 Å². The van der Waals surface area contributed by atoms with E-state index in [2.05, 4.69) is 12.2 Å². The van der Waals surface area contributed by atoms with Crippen LogP contribution in [0.3, 0.4) is 0 Å². The molecular weight excluding hydrogens is 354 g/mol. The van der Waals surface area contributed by atoms with Crippen molar-refractivity contribution in [3.05, 3.63) is 23.2 Å². The number of anilines is 1. The molecule has 0 aliphatic heterocycles. The zero-order chi connectivity index (χ0) is 19.0. The molecule has 5 nitrogen and oxygen atoms in total.